The Kier molecular flexibility index (Phi) is 4.91. The van der Waals surface area contributed by atoms with Gasteiger partial charge in [-0.25, -0.2) is 9.18 Å². The molecule has 18 heavy (non-hydrogen) atoms. The molecular formula is C11H12ClFN2O3. The van der Waals surface area contributed by atoms with Crippen LogP contribution in [-0.2, 0) is 9.59 Å². The standard InChI is InChI=1S/C11H12ClFN2O3/c1-6(16)15-10(11(17)18)5-14-9-3-7(12)2-8(13)4-9/h2-4,10,14H,5H2,1H3,(H,15,16)(H,17,18). The van der Waals surface area contributed by atoms with Crippen LogP contribution in [0.5, 0.6) is 0 Å². The topological polar surface area (TPSA) is 78.4 Å². The van der Waals surface area contributed by atoms with Gasteiger partial charge in [0, 0.05) is 24.2 Å². The van der Waals surface area contributed by atoms with Crippen molar-refractivity contribution >= 4 is 29.2 Å². The zero-order valence-corrected chi connectivity index (χ0v) is 10.3. The number of benzene rings is 1. The van der Waals surface area contributed by atoms with Crippen molar-refractivity contribution in [3.05, 3.63) is 29.0 Å². The van der Waals surface area contributed by atoms with E-state index < -0.39 is 23.7 Å². The molecule has 0 heterocycles. The molecule has 1 aromatic carbocycles. The Hall–Kier alpha value is -1.82. The summed E-state index contributed by atoms with van der Waals surface area (Å²) in [6.07, 6.45) is 0. The summed E-state index contributed by atoms with van der Waals surface area (Å²) in [5.74, 6) is -2.17. The third kappa shape index (κ3) is 4.58. The molecule has 1 atom stereocenters. The van der Waals surface area contributed by atoms with Crippen molar-refractivity contribution in [2.45, 2.75) is 13.0 Å². The molecule has 0 saturated heterocycles. The van der Waals surface area contributed by atoms with Gasteiger partial charge < -0.3 is 15.7 Å². The van der Waals surface area contributed by atoms with Gasteiger partial charge in [0.2, 0.25) is 5.91 Å². The molecule has 0 fully saturated rings. The summed E-state index contributed by atoms with van der Waals surface area (Å²) in [7, 11) is 0. The van der Waals surface area contributed by atoms with E-state index in [-0.39, 0.29) is 11.6 Å². The van der Waals surface area contributed by atoms with Gasteiger partial charge in [0.15, 0.2) is 0 Å². The van der Waals surface area contributed by atoms with E-state index in [0.717, 1.165) is 6.07 Å². The monoisotopic (exact) mass is 274 g/mol. The molecule has 1 rings (SSSR count). The zero-order valence-electron chi connectivity index (χ0n) is 9.54. The van der Waals surface area contributed by atoms with Crippen LogP contribution in [0.4, 0.5) is 10.1 Å². The van der Waals surface area contributed by atoms with E-state index in [1.807, 2.05) is 0 Å². The van der Waals surface area contributed by atoms with E-state index >= 15 is 0 Å². The SMILES string of the molecule is CC(=O)NC(CNc1cc(F)cc(Cl)c1)C(=O)O. The van der Waals surface area contributed by atoms with E-state index in [1.165, 1.54) is 19.1 Å². The first-order valence-corrected chi connectivity index (χ1v) is 5.46. The molecule has 1 amide bonds. The summed E-state index contributed by atoms with van der Waals surface area (Å²) in [6, 6.07) is 2.68. The normalized spacial score (nSPS) is 11.7. The van der Waals surface area contributed by atoms with Crippen molar-refractivity contribution in [2.24, 2.45) is 0 Å². The van der Waals surface area contributed by atoms with Crippen LogP contribution in [0.1, 0.15) is 6.92 Å². The number of carbonyl (C=O) groups excluding carboxylic acids is 1. The fourth-order valence-corrected chi connectivity index (χ4v) is 1.54. The molecule has 0 aromatic heterocycles. The maximum Gasteiger partial charge on any atom is 0.328 e. The summed E-state index contributed by atoms with van der Waals surface area (Å²) < 4.78 is 13.0. The number of anilines is 1. The fourth-order valence-electron chi connectivity index (χ4n) is 1.32. The first-order chi connectivity index (χ1) is 8.38. The molecule has 3 N–H and O–H groups in total. The summed E-state index contributed by atoms with van der Waals surface area (Å²) in [6.45, 7) is 1.14. The maximum atomic E-state index is 13.0. The Labute approximate surface area is 108 Å². The average molecular weight is 275 g/mol. The van der Waals surface area contributed by atoms with Gasteiger partial charge in [0.1, 0.15) is 11.9 Å². The molecule has 5 nitrogen and oxygen atoms in total. The van der Waals surface area contributed by atoms with Crippen molar-refractivity contribution in [1.29, 1.82) is 0 Å². The van der Waals surface area contributed by atoms with Gasteiger partial charge in [0.05, 0.1) is 0 Å². The van der Waals surface area contributed by atoms with E-state index in [1.54, 1.807) is 0 Å². The van der Waals surface area contributed by atoms with E-state index in [4.69, 9.17) is 16.7 Å². The Morgan fingerprint density at radius 1 is 1.44 bits per heavy atom. The van der Waals surface area contributed by atoms with Crippen molar-refractivity contribution in [3.63, 3.8) is 0 Å². The largest absolute Gasteiger partial charge is 0.480 e. The van der Waals surface area contributed by atoms with Crippen LogP contribution in [0.15, 0.2) is 18.2 Å². The fraction of sp³-hybridized carbons (Fsp3) is 0.273. The number of amides is 1. The van der Waals surface area contributed by atoms with Crippen LogP contribution in [-0.4, -0.2) is 29.6 Å². The number of carboxylic acids is 1. The molecule has 0 radical (unpaired) electrons. The molecule has 0 aliphatic carbocycles. The quantitative estimate of drug-likeness (QED) is 0.760. The molecule has 0 saturated carbocycles. The van der Waals surface area contributed by atoms with Gasteiger partial charge in [-0.2, -0.15) is 0 Å². The van der Waals surface area contributed by atoms with Crippen LogP contribution >= 0.6 is 11.6 Å². The Morgan fingerprint density at radius 2 is 2.11 bits per heavy atom. The second kappa shape index (κ2) is 6.20. The molecule has 0 aliphatic rings. The average Bonchev–Trinajstić information content (AvgIpc) is 2.21. The van der Waals surface area contributed by atoms with E-state index in [9.17, 15) is 14.0 Å². The van der Waals surface area contributed by atoms with Gasteiger partial charge in [-0.15, -0.1) is 0 Å². The third-order valence-corrected chi connectivity index (χ3v) is 2.27. The van der Waals surface area contributed by atoms with Gasteiger partial charge in [-0.3, -0.25) is 4.79 Å². The number of halogens is 2. The minimum atomic E-state index is -1.18. The van der Waals surface area contributed by atoms with Gasteiger partial charge in [-0.05, 0) is 18.2 Å². The summed E-state index contributed by atoms with van der Waals surface area (Å²) in [4.78, 5) is 21.6. The molecule has 98 valence electrons. The highest BCUT2D eigenvalue weighted by Gasteiger charge is 2.17. The molecule has 0 bridgehead atoms. The summed E-state index contributed by atoms with van der Waals surface area (Å²) in [5.41, 5.74) is 0.344. The molecule has 0 spiro atoms. The number of hydrogen-bond donors (Lipinski definition) is 3. The predicted molar refractivity (Wildman–Crippen MR) is 65.1 cm³/mol. The second-order valence-corrected chi connectivity index (χ2v) is 4.07. The Morgan fingerprint density at radius 3 is 2.61 bits per heavy atom. The molecule has 7 heteroatoms. The molecule has 1 unspecified atom stereocenters. The lowest BCUT2D eigenvalue weighted by atomic mass is 10.2. The van der Waals surface area contributed by atoms with Crippen LogP contribution in [0, 0.1) is 5.82 Å². The summed E-state index contributed by atoms with van der Waals surface area (Å²) in [5, 5.41) is 14.0. The van der Waals surface area contributed by atoms with E-state index in [0.29, 0.717) is 5.69 Å². The molecule has 0 aliphatic heterocycles. The number of rotatable bonds is 5. The first kappa shape index (κ1) is 14.2. The minimum absolute atomic E-state index is 0.0747. The van der Waals surface area contributed by atoms with Gasteiger partial charge in [0.25, 0.3) is 0 Å². The van der Waals surface area contributed by atoms with Crippen LogP contribution in [0.2, 0.25) is 5.02 Å². The smallest absolute Gasteiger partial charge is 0.328 e. The number of hydrogen-bond acceptors (Lipinski definition) is 3. The van der Waals surface area contributed by atoms with Crippen molar-refractivity contribution in [3.8, 4) is 0 Å². The van der Waals surface area contributed by atoms with E-state index in [2.05, 4.69) is 10.6 Å². The number of nitrogens with one attached hydrogen (secondary N) is 2. The number of carboxylic acid groups (broad SMARTS) is 1. The maximum absolute atomic E-state index is 13.0. The van der Waals surface area contributed by atoms with Crippen molar-refractivity contribution < 1.29 is 19.1 Å². The lowest BCUT2D eigenvalue weighted by Gasteiger charge is -2.15. The predicted octanol–water partition coefficient (Wildman–Crippen LogP) is 1.48. The third-order valence-electron chi connectivity index (χ3n) is 2.05. The van der Waals surface area contributed by atoms with Gasteiger partial charge in [-0.1, -0.05) is 11.6 Å². The highest BCUT2D eigenvalue weighted by Crippen LogP contribution is 2.17. The van der Waals surface area contributed by atoms with Crippen LogP contribution in [0.25, 0.3) is 0 Å². The number of aliphatic carboxylic acids is 1. The highest BCUT2D eigenvalue weighted by molar-refractivity contribution is 6.30. The minimum Gasteiger partial charge on any atom is -0.480 e. The zero-order chi connectivity index (χ0) is 13.7. The van der Waals surface area contributed by atoms with Crippen LogP contribution < -0.4 is 10.6 Å². The summed E-state index contributed by atoms with van der Waals surface area (Å²) >= 11 is 5.65. The highest BCUT2D eigenvalue weighted by atomic mass is 35.5. The Balaban J connectivity index is 2.66. The Bertz CT molecular complexity index is 447. The lowest BCUT2D eigenvalue weighted by Crippen LogP contribution is -2.44. The molecular weight excluding hydrogens is 263 g/mol. The first-order valence-electron chi connectivity index (χ1n) is 5.08. The second-order valence-electron chi connectivity index (χ2n) is 3.63. The lowest BCUT2D eigenvalue weighted by molar-refractivity contribution is -0.141. The number of carbonyl (C=O) groups is 2. The van der Waals surface area contributed by atoms with Crippen molar-refractivity contribution in [2.75, 3.05) is 11.9 Å². The van der Waals surface area contributed by atoms with Crippen molar-refractivity contribution in [1.82, 2.24) is 5.32 Å². The van der Waals surface area contributed by atoms with Crippen LogP contribution in [0.3, 0.4) is 0 Å². The molecule has 1 aromatic rings. The van der Waals surface area contributed by atoms with Gasteiger partial charge >= 0.3 is 5.97 Å².